The lowest BCUT2D eigenvalue weighted by Gasteiger charge is -2.15. The van der Waals surface area contributed by atoms with Gasteiger partial charge in [0.1, 0.15) is 11.6 Å². The fraction of sp³-hybridized carbons (Fsp3) is 0.364. The standard InChI is InChI=1S/C11H11F2NO2/c12-7-1-2-9(10(13)5-7)11(16)14-4-3-8(15)6-14/h1-2,5,8,15H,3-4,6H2/t8-/m0/s1. The number of rotatable bonds is 1. The summed E-state index contributed by atoms with van der Waals surface area (Å²) in [6.45, 7) is 0.604. The van der Waals surface area contributed by atoms with Gasteiger partial charge in [0.15, 0.2) is 0 Å². The average molecular weight is 227 g/mol. The predicted octanol–water partition coefficient (Wildman–Crippen LogP) is 1.17. The molecule has 1 atom stereocenters. The summed E-state index contributed by atoms with van der Waals surface area (Å²) in [5, 5.41) is 9.26. The Bertz CT molecular complexity index is 422. The van der Waals surface area contributed by atoms with E-state index in [0.29, 0.717) is 19.0 Å². The highest BCUT2D eigenvalue weighted by atomic mass is 19.1. The summed E-state index contributed by atoms with van der Waals surface area (Å²) < 4.78 is 25.9. The van der Waals surface area contributed by atoms with Crippen molar-refractivity contribution >= 4 is 5.91 Å². The first-order valence-corrected chi connectivity index (χ1v) is 5.00. The van der Waals surface area contributed by atoms with Gasteiger partial charge in [0.2, 0.25) is 0 Å². The maximum Gasteiger partial charge on any atom is 0.256 e. The average Bonchev–Trinajstić information content (AvgIpc) is 2.64. The highest BCUT2D eigenvalue weighted by Gasteiger charge is 2.26. The summed E-state index contributed by atoms with van der Waals surface area (Å²) in [4.78, 5) is 13.1. The van der Waals surface area contributed by atoms with Gasteiger partial charge in [-0.25, -0.2) is 8.78 Å². The molecule has 0 bridgehead atoms. The number of amides is 1. The molecule has 5 heteroatoms. The predicted molar refractivity (Wildman–Crippen MR) is 52.9 cm³/mol. The molecular formula is C11H11F2NO2. The van der Waals surface area contributed by atoms with Crippen LogP contribution >= 0.6 is 0 Å². The van der Waals surface area contributed by atoms with E-state index in [9.17, 15) is 18.7 Å². The number of halogens is 2. The van der Waals surface area contributed by atoms with Crippen LogP contribution < -0.4 is 0 Å². The van der Waals surface area contributed by atoms with Gasteiger partial charge in [0.25, 0.3) is 5.91 Å². The molecule has 0 aromatic heterocycles. The van der Waals surface area contributed by atoms with Crippen molar-refractivity contribution in [3.05, 3.63) is 35.4 Å². The van der Waals surface area contributed by atoms with Gasteiger partial charge in [0.05, 0.1) is 11.7 Å². The lowest BCUT2D eigenvalue weighted by molar-refractivity contribution is 0.0760. The molecule has 0 saturated carbocycles. The monoisotopic (exact) mass is 227 g/mol. The topological polar surface area (TPSA) is 40.5 Å². The van der Waals surface area contributed by atoms with E-state index >= 15 is 0 Å². The zero-order valence-electron chi connectivity index (χ0n) is 8.49. The second-order valence-electron chi connectivity index (χ2n) is 3.82. The number of hydrogen-bond donors (Lipinski definition) is 1. The Labute approximate surface area is 91.3 Å². The van der Waals surface area contributed by atoms with Gasteiger partial charge < -0.3 is 10.0 Å². The molecule has 1 aliphatic rings. The fourth-order valence-electron chi connectivity index (χ4n) is 1.76. The number of likely N-dealkylation sites (tertiary alicyclic amines) is 1. The van der Waals surface area contributed by atoms with Crippen LogP contribution in [0.25, 0.3) is 0 Å². The minimum absolute atomic E-state index is 0.157. The summed E-state index contributed by atoms with van der Waals surface area (Å²) in [5.41, 5.74) is -0.157. The molecule has 1 heterocycles. The van der Waals surface area contributed by atoms with Gasteiger partial charge in [-0.05, 0) is 18.6 Å². The number of hydrogen-bond acceptors (Lipinski definition) is 2. The maximum absolute atomic E-state index is 13.3. The van der Waals surface area contributed by atoms with Crippen LogP contribution in [0.1, 0.15) is 16.8 Å². The largest absolute Gasteiger partial charge is 0.391 e. The number of benzene rings is 1. The Hall–Kier alpha value is -1.49. The third-order valence-corrected chi connectivity index (χ3v) is 2.61. The minimum Gasteiger partial charge on any atom is -0.391 e. The number of β-amino-alcohol motifs (C(OH)–C–C–N with tert-alkyl or cyclic N) is 1. The highest BCUT2D eigenvalue weighted by molar-refractivity contribution is 5.94. The molecule has 1 aromatic carbocycles. The molecule has 1 aromatic rings. The van der Waals surface area contributed by atoms with Crippen LogP contribution in [0, 0.1) is 11.6 Å². The number of aliphatic hydroxyl groups is 1. The van der Waals surface area contributed by atoms with Gasteiger partial charge in [-0.2, -0.15) is 0 Å². The van der Waals surface area contributed by atoms with Crippen LogP contribution in [-0.2, 0) is 0 Å². The Kier molecular flexibility index (Phi) is 2.87. The fourth-order valence-corrected chi connectivity index (χ4v) is 1.76. The minimum atomic E-state index is -0.869. The van der Waals surface area contributed by atoms with Crippen molar-refractivity contribution < 1.29 is 18.7 Å². The van der Waals surface area contributed by atoms with Crippen LogP contribution in [0.5, 0.6) is 0 Å². The third kappa shape index (κ3) is 2.04. The zero-order chi connectivity index (χ0) is 11.7. The van der Waals surface area contributed by atoms with Crippen LogP contribution in [-0.4, -0.2) is 35.1 Å². The molecule has 0 unspecified atom stereocenters. The van der Waals surface area contributed by atoms with Gasteiger partial charge in [-0.15, -0.1) is 0 Å². The summed E-state index contributed by atoms with van der Waals surface area (Å²) in [6.07, 6.45) is -0.0541. The molecule has 86 valence electrons. The van der Waals surface area contributed by atoms with E-state index in [4.69, 9.17) is 0 Å². The molecule has 1 aliphatic heterocycles. The second-order valence-corrected chi connectivity index (χ2v) is 3.82. The number of carbonyl (C=O) groups is 1. The van der Waals surface area contributed by atoms with Crippen LogP contribution in [0.3, 0.4) is 0 Å². The number of nitrogens with zero attached hydrogens (tertiary/aromatic N) is 1. The van der Waals surface area contributed by atoms with Gasteiger partial charge in [-0.1, -0.05) is 0 Å². The molecule has 3 nitrogen and oxygen atoms in total. The smallest absolute Gasteiger partial charge is 0.256 e. The number of carbonyl (C=O) groups excluding carboxylic acids is 1. The first-order valence-electron chi connectivity index (χ1n) is 5.00. The van der Waals surface area contributed by atoms with Gasteiger partial charge in [-0.3, -0.25) is 4.79 Å². The molecule has 16 heavy (non-hydrogen) atoms. The molecular weight excluding hydrogens is 216 g/mol. The molecule has 1 fully saturated rings. The molecule has 1 amide bonds. The lowest BCUT2D eigenvalue weighted by atomic mass is 10.2. The van der Waals surface area contributed by atoms with Crippen LogP contribution in [0.2, 0.25) is 0 Å². The van der Waals surface area contributed by atoms with E-state index in [1.54, 1.807) is 0 Å². The lowest BCUT2D eigenvalue weighted by Crippen LogP contribution is -2.30. The van der Waals surface area contributed by atoms with Crippen molar-refractivity contribution in [2.75, 3.05) is 13.1 Å². The third-order valence-electron chi connectivity index (χ3n) is 2.61. The molecule has 0 aliphatic carbocycles. The highest BCUT2D eigenvalue weighted by Crippen LogP contribution is 2.16. The Morgan fingerprint density at radius 1 is 1.44 bits per heavy atom. The molecule has 0 spiro atoms. The van der Waals surface area contributed by atoms with Crippen molar-refractivity contribution in [2.24, 2.45) is 0 Å². The molecule has 1 saturated heterocycles. The second kappa shape index (κ2) is 4.17. The summed E-state index contributed by atoms with van der Waals surface area (Å²) in [6, 6.07) is 2.85. The summed E-state index contributed by atoms with van der Waals surface area (Å²) in [7, 11) is 0. The van der Waals surface area contributed by atoms with E-state index in [0.717, 1.165) is 12.1 Å². The van der Waals surface area contributed by atoms with Crippen LogP contribution in [0.15, 0.2) is 18.2 Å². The first-order chi connectivity index (χ1) is 7.58. The maximum atomic E-state index is 13.3. The molecule has 1 N–H and O–H groups in total. The van der Waals surface area contributed by atoms with E-state index < -0.39 is 23.6 Å². The normalized spacial score (nSPS) is 20.2. The zero-order valence-corrected chi connectivity index (χ0v) is 8.49. The van der Waals surface area contributed by atoms with E-state index in [1.807, 2.05) is 0 Å². The van der Waals surface area contributed by atoms with E-state index in [1.165, 1.54) is 4.90 Å². The number of aliphatic hydroxyl groups excluding tert-OH is 1. The van der Waals surface area contributed by atoms with Crippen LogP contribution in [0.4, 0.5) is 8.78 Å². The Morgan fingerprint density at radius 2 is 2.19 bits per heavy atom. The van der Waals surface area contributed by atoms with E-state index in [-0.39, 0.29) is 12.1 Å². The van der Waals surface area contributed by atoms with E-state index in [2.05, 4.69) is 0 Å². The van der Waals surface area contributed by atoms with Gasteiger partial charge >= 0.3 is 0 Å². The Balaban J connectivity index is 2.21. The van der Waals surface area contributed by atoms with Crippen molar-refractivity contribution in [2.45, 2.75) is 12.5 Å². The van der Waals surface area contributed by atoms with Crippen molar-refractivity contribution in [3.63, 3.8) is 0 Å². The molecule has 2 rings (SSSR count). The quantitative estimate of drug-likeness (QED) is 0.782. The summed E-state index contributed by atoms with van der Waals surface area (Å²) >= 11 is 0. The summed E-state index contributed by atoms with van der Waals surface area (Å²) in [5.74, 6) is -2.09. The van der Waals surface area contributed by atoms with Crippen molar-refractivity contribution in [3.8, 4) is 0 Å². The first kappa shape index (κ1) is 11.0. The SMILES string of the molecule is O=C(c1ccc(F)cc1F)N1CC[C@H](O)C1. The van der Waals surface area contributed by atoms with Crippen molar-refractivity contribution in [1.29, 1.82) is 0 Å². The Morgan fingerprint density at radius 3 is 2.75 bits per heavy atom. The van der Waals surface area contributed by atoms with Crippen molar-refractivity contribution in [1.82, 2.24) is 4.90 Å². The van der Waals surface area contributed by atoms with Gasteiger partial charge in [0, 0.05) is 19.2 Å². The molecule has 0 radical (unpaired) electrons.